The molecule has 6 heteroatoms. The molecule has 3 rings (SSSR count). The summed E-state index contributed by atoms with van der Waals surface area (Å²) in [6.07, 6.45) is 5.93. The highest BCUT2D eigenvalue weighted by Gasteiger charge is 2.15. The van der Waals surface area contributed by atoms with Crippen LogP contribution in [0.5, 0.6) is 0 Å². The standard InChI is InChI=1S/C25H28F2N2O2/c1-3-4-5-8-21(30)9-6-7-10-24-28-23-13-17(2)11-12-22(23)25(31)29(24)20-15-18(26)14-19(27)16-20/h11-16H,3-10H2,1-2H3. The van der Waals surface area contributed by atoms with Crippen LogP contribution in [0.4, 0.5) is 8.78 Å². The van der Waals surface area contributed by atoms with Crippen molar-refractivity contribution in [3.63, 3.8) is 0 Å². The average Bonchev–Trinajstić information content (AvgIpc) is 2.70. The number of unbranched alkanes of at least 4 members (excludes halogenated alkanes) is 3. The van der Waals surface area contributed by atoms with Crippen LogP contribution in [0.25, 0.3) is 16.6 Å². The van der Waals surface area contributed by atoms with E-state index < -0.39 is 11.6 Å². The van der Waals surface area contributed by atoms with E-state index in [1.165, 1.54) is 4.57 Å². The molecule has 0 aliphatic heterocycles. The Labute approximate surface area is 180 Å². The van der Waals surface area contributed by atoms with Crippen molar-refractivity contribution in [3.05, 3.63) is 69.8 Å². The summed E-state index contributed by atoms with van der Waals surface area (Å²) in [5, 5.41) is 0.394. The van der Waals surface area contributed by atoms with Gasteiger partial charge in [-0.25, -0.2) is 13.8 Å². The van der Waals surface area contributed by atoms with Crippen LogP contribution in [0.15, 0.2) is 41.2 Å². The molecule has 164 valence electrons. The number of fused-ring (bicyclic) bond motifs is 1. The largest absolute Gasteiger partial charge is 0.300 e. The van der Waals surface area contributed by atoms with E-state index in [2.05, 4.69) is 11.9 Å². The molecule has 0 bridgehead atoms. The van der Waals surface area contributed by atoms with Gasteiger partial charge in [-0.05, 0) is 56.0 Å². The van der Waals surface area contributed by atoms with Gasteiger partial charge in [0.05, 0.1) is 16.6 Å². The summed E-state index contributed by atoms with van der Waals surface area (Å²) < 4.78 is 29.0. The first-order valence-corrected chi connectivity index (χ1v) is 10.9. The summed E-state index contributed by atoms with van der Waals surface area (Å²) in [7, 11) is 0. The van der Waals surface area contributed by atoms with Crippen molar-refractivity contribution >= 4 is 16.7 Å². The van der Waals surface area contributed by atoms with Crippen LogP contribution in [0.3, 0.4) is 0 Å². The number of halogens is 2. The van der Waals surface area contributed by atoms with E-state index >= 15 is 0 Å². The predicted octanol–water partition coefficient (Wildman–Crippen LogP) is 5.83. The molecule has 0 amide bonds. The molecule has 0 aliphatic rings. The highest BCUT2D eigenvalue weighted by Crippen LogP contribution is 2.18. The maximum atomic E-state index is 13.9. The van der Waals surface area contributed by atoms with Gasteiger partial charge in [0.25, 0.3) is 5.56 Å². The smallest absolute Gasteiger partial charge is 0.265 e. The number of hydrogen-bond donors (Lipinski definition) is 0. The minimum Gasteiger partial charge on any atom is -0.300 e. The van der Waals surface area contributed by atoms with E-state index in [9.17, 15) is 18.4 Å². The predicted molar refractivity (Wildman–Crippen MR) is 119 cm³/mol. The number of ketones is 1. The zero-order chi connectivity index (χ0) is 22.4. The first-order valence-electron chi connectivity index (χ1n) is 10.9. The van der Waals surface area contributed by atoms with Gasteiger partial charge in [-0.3, -0.25) is 14.2 Å². The van der Waals surface area contributed by atoms with Gasteiger partial charge < -0.3 is 0 Å². The Hall–Kier alpha value is -2.89. The van der Waals surface area contributed by atoms with E-state index in [4.69, 9.17) is 0 Å². The molecule has 1 aromatic heterocycles. The Kier molecular flexibility index (Phi) is 7.66. The second-order valence-corrected chi connectivity index (χ2v) is 8.02. The number of Topliss-reactive ketones (excluding diaryl/α,β-unsaturated/α-hetero) is 1. The highest BCUT2D eigenvalue weighted by atomic mass is 19.1. The molecule has 0 radical (unpaired) electrons. The van der Waals surface area contributed by atoms with Crippen LogP contribution in [0.2, 0.25) is 0 Å². The molecule has 31 heavy (non-hydrogen) atoms. The lowest BCUT2D eigenvalue weighted by molar-refractivity contribution is -0.119. The van der Waals surface area contributed by atoms with Crippen molar-refractivity contribution in [2.45, 2.75) is 65.2 Å². The quantitative estimate of drug-likeness (QED) is 0.383. The maximum absolute atomic E-state index is 13.9. The third-order valence-corrected chi connectivity index (χ3v) is 5.37. The van der Waals surface area contributed by atoms with E-state index in [0.717, 1.165) is 43.0 Å². The van der Waals surface area contributed by atoms with Crippen LogP contribution in [0.1, 0.15) is 63.3 Å². The average molecular weight is 427 g/mol. The van der Waals surface area contributed by atoms with E-state index in [1.54, 1.807) is 6.07 Å². The second-order valence-electron chi connectivity index (χ2n) is 8.02. The lowest BCUT2D eigenvalue weighted by Gasteiger charge is -2.14. The number of hydrogen-bond acceptors (Lipinski definition) is 3. The molecule has 0 N–H and O–H groups in total. The summed E-state index contributed by atoms with van der Waals surface area (Å²) >= 11 is 0. The Morgan fingerprint density at radius 1 is 0.968 bits per heavy atom. The Morgan fingerprint density at radius 2 is 1.65 bits per heavy atom. The van der Waals surface area contributed by atoms with Crippen LogP contribution >= 0.6 is 0 Å². The van der Waals surface area contributed by atoms with E-state index in [-0.39, 0.29) is 17.0 Å². The molecule has 3 aromatic rings. The lowest BCUT2D eigenvalue weighted by Crippen LogP contribution is -2.24. The summed E-state index contributed by atoms with van der Waals surface area (Å²) in [5.74, 6) is -0.823. The zero-order valence-corrected chi connectivity index (χ0v) is 18.1. The number of aromatic nitrogens is 2. The van der Waals surface area contributed by atoms with Crippen molar-refractivity contribution in [2.75, 3.05) is 0 Å². The number of benzene rings is 2. The summed E-state index contributed by atoms with van der Waals surface area (Å²) in [4.78, 5) is 29.8. The topological polar surface area (TPSA) is 52.0 Å². The van der Waals surface area contributed by atoms with Gasteiger partial charge in [-0.15, -0.1) is 0 Å². The molecular formula is C25H28F2N2O2. The first-order chi connectivity index (χ1) is 14.9. The molecule has 1 heterocycles. The molecule has 0 saturated carbocycles. The number of aryl methyl sites for hydroxylation is 2. The second kappa shape index (κ2) is 10.4. The molecule has 0 unspecified atom stereocenters. The fourth-order valence-corrected chi connectivity index (χ4v) is 3.75. The molecule has 4 nitrogen and oxygen atoms in total. The third-order valence-electron chi connectivity index (χ3n) is 5.37. The molecule has 0 aliphatic carbocycles. The monoisotopic (exact) mass is 426 g/mol. The Morgan fingerprint density at radius 3 is 2.32 bits per heavy atom. The van der Waals surface area contributed by atoms with E-state index in [1.807, 2.05) is 19.1 Å². The fraction of sp³-hybridized carbons (Fsp3) is 0.400. The zero-order valence-electron chi connectivity index (χ0n) is 18.1. The van der Waals surface area contributed by atoms with Crippen molar-refractivity contribution in [3.8, 4) is 5.69 Å². The number of carbonyl (C=O) groups is 1. The van der Waals surface area contributed by atoms with Gasteiger partial charge >= 0.3 is 0 Å². The molecule has 0 fully saturated rings. The summed E-state index contributed by atoms with van der Waals surface area (Å²) in [6.45, 7) is 4.02. The van der Waals surface area contributed by atoms with Gasteiger partial charge in [-0.2, -0.15) is 0 Å². The molecule has 0 atom stereocenters. The third kappa shape index (κ3) is 5.84. The van der Waals surface area contributed by atoms with Crippen LogP contribution < -0.4 is 5.56 Å². The van der Waals surface area contributed by atoms with Gasteiger partial charge in [0.2, 0.25) is 0 Å². The summed E-state index contributed by atoms with van der Waals surface area (Å²) in [5.41, 5.74) is 1.28. The minimum atomic E-state index is -0.755. The molecule has 2 aromatic carbocycles. The van der Waals surface area contributed by atoms with Crippen LogP contribution in [0, 0.1) is 18.6 Å². The maximum Gasteiger partial charge on any atom is 0.265 e. The van der Waals surface area contributed by atoms with Gasteiger partial charge in [0.1, 0.15) is 23.2 Å². The first kappa shape index (κ1) is 22.8. The SMILES string of the molecule is CCCCCC(=O)CCCCc1nc2cc(C)ccc2c(=O)n1-c1cc(F)cc(F)c1. The highest BCUT2D eigenvalue weighted by molar-refractivity contribution is 5.79. The Balaban J connectivity index is 1.88. The summed E-state index contributed by atoms with van der Waals surface area (Å²) in [6, 6.07) is 8.36. The van der Waals surface area contributed by atoms with Crippen LogP contribution in [-0.2, 0) is 11.2 Å². The Bertz CT molecular complexity index is 1120. The normalized spacial score (nSPS) is 11.2. The number of rotatable bonds is 10. The number of carbonyl (C=O) groups excluding carboxylic acids is 1. The van der Waals surface area contributed by atoms with Gasteiger partial charge in [0, 0.05) is 25.3 Å². The number of nitrogens with zero attached hydrogens (tertiary/aromatic N) is 2. The van der Waals surface area contributed by atoms with Crippen molar-refractivity contribution in [1.29, 1.82) is 0 Å². The lowest BCUT2D eigenvalue weighted by atomic mass is 10.1. The molecular weight excluding hydrogens is 398 g/mol. The molecule has 0 saturated heterocycles. The molecule has 0 spiro atoms. The van der Waals surface area contributed by atoms with Crippen molar-refractivity contribution in [1.82, 2.24) is 9.55 Å². The van der Waals surface area contributed by atoms with E-state index in [0.29, 0.717) is 48.8 Å². The minimum absolute atomic E-state index is 0.114. The van der Waals surface area contributed by atoms with Crippen molar-refractivity contribution < 1.29 is 13.6 Å². The van der Waals surface area contributed by atoms with Gasteiger partial charge in [-0.1, -0.05) is 25.8 Å². The van der Waals surface area contributed by atoms with Gasteiger partial charge in [0.15, 0.2) is 0 Å². The fourth-order valence-electron chi connectivity index (χ4n) is 3.75. The van der Waals surface area contributed by atoms with Crippen LogP contribution in [-0.4, -0.2) is 15.3 Å². The van der Waals surface area contributed by atoms with Crippen molar-refractivity contribution in [2.24, 2.45) is 0 Å².